The van der Waals surface area contributed by atoms with E-state index in [1.807, 2.05) is 0 Å². The highest BCUT2D eigenvalue weighted by Gasteiger charge is 2.68. The number of allylic oxidation sites excluding steroid dienone is 2. The quantitative estimate of drug-likeness (QED) is 0.582. The van der Waals surface area contributed by atoms with E-state index in [9.17, 15) is 13.2 Å². The first-order chi connectivity index (χ1) is 4.32. The molecule has 1 rings (SSSR count). The summed E-state index contributed by atoms with van der Waals surface area (Å²) in [7, 11) is 0. The molecule has 10 heavy (non-hydrogen) atoms. The van der Waals surface area contributed by atoms with Crippen LogP contribution in [0.15, 0.2) is 9.51 Å². The number of hydrogen-bond acceptors (Lipinski definition) is 0. The Labute approximate surface area is 73.1 Å². The monoisotopic (exact) mass is 254 g/mol. The average molecular weight is 256 g/mol. The van der Waals surface area contributed by atoms with E-state index in [0.29, 0.717) is 0 Å². The van der Waals surface area contributed by atoms with Crippen LogP contribution in [0.3, 0.4) is 0 Å². The Balaban J connectivity index is 3.10. The molecule has 0 amide bonds. The Morgan fingerprint density at radius 3 is 1.80 bits per heavy atom. The Hall–Kier alpha value is 0.590. The van der Waals surface area contributed by atoms with Gasteiger partial charge in [-0.3, -0.25) is 0 Å². The first kappa shape index (κ1) is 8.68. The van der Waals surface area contributed by atoms with Crippen molar-refractivity contribution >= 4 is 39.1 Å². The normalized spacial score (nSPS) is 37.8. The lowest BCUT2D eigenvalue weighted by atomic mass is 10.0. The van der Waals surface area contributed by atoms with Crippen molar-refractivity contribution in [3.8, 4) is 0 Å². The lowest BCUT2D eigenvalue weighted by Gasteiger charge is -2.36. The van der Waals surface area contributed by atoms with Crippen LogP contribution in [-0.2, 0) is 0 Å². The maximum atomic E-state index is 12.4. The molecule has 0 saturated carbocycles. The lowest BCUT2D eigenvalue weighted by Crippen LogP contribution is -2.49. The van der Waals surface area contributed by atoms with Gasteiger partial charge < -0.3 is 0 Å². The van der Waals surface area contributed by atoms with Crippen molar-refractivity contribution in [1.29, 1.82) is 0 Å². The molecule has 1 aliphatic carbocycles. The molecule has 0 aliphatic heterocycles. The van der Waals surface area contributed by atoms with Gasteiger partial charge in [0.05, 0.1) is 9.51 Å². The molecule has 0 bridgehead atoms. The minimum absolute atomic E-state index is 0.681. The molecule has 1 atom stereocenters. The largest absolute Gasteiger partial charge is 0.333 e. The van der Waals surface area contributed by atoms with Crippen LogP contribution in [-0.4, -0.2) is 11.1 Å². The summed E-state index contributed by atoms with van der Waals surface area (Å²) in [6, 6.07) is 0. The lowest BCUT2D eigenvalue weighted by molar-refractivity contribution is -0.0580. The number of halogens is 6. The second-order valence-electron chi connectivity index (χ2n) is 1.78. The van der Waals surface area contributed by atoms with E-state index >= 15 is 0 Å². The van der Waals surface area contributed by atoms with E-state index < -0.39 is 20.6 Å². The van der Waals surface area contributed by atoms with Gasteiger partial charge >= 0.3 is 5.92 Å². The zero-order chi connectivity index (χ0) is 8.15. The van der Waals surface area contributed by atoms with E-state index in [-0.39, 0.29) is 0 Å². The summed E-state index contributed by atoms with van der Waals surface area (Å²) in [5.41, 5.74) is 0. The third-order valence-electron chi connectivity index (χ3n) is 1.14. The van der Waals surface area contributed by atoms with E-state index in [1.54, 1.807) is 0 Å². The number of rotatable bonds is 0. The van der Waals surface area contributed by atoms with Crippen LogP contribution in [0.5, 0.6) is 0 Å². The predicted molar refractivity (Wildman–Crippen MR) is 36.4 cm³/mol. The van der Waals surface area contributed by atoms with Crippen molar-refractivity contribution in [2.24, 2.45) is 0 Å². The summed E-state index contributed by atoms with van der Waals surface area (Å²) in [6.07, 6.45) is 0. The van der Waals surface area contributed by atoms with Crippen molar-refractivity contribution in [1.82, 2.24) is 0 Å². The smallest absolute Gasteiger partial charge is 0.213 e. The van der Waals surface area contributed by atoms with Gasteiger partial charge in [-0.1, -0.05) is 23.2 Å². The Bertz CT molecular complexity index is 189. The molecule has 6 heteroatoms. The van der Waals surface area contributed by atoms with Crippen molar-refractivity contribution < 1.29 is 13.2 Å². The highest BCUT2D eigenvalue weighted by atomic mass is 79.9. The van der Waals surface area contributed by atoms with Crippen LogP contribution in [0.2, 0.25) is 0 Å². The Morgan fingerprint density at radius 2 is 1.70 bits per heavy atom. The predicted octanol–water partition coefficient (Wildman–Crippen LogP) is 3.39. The van der Waals surface area contributed by atoms with Crippen molar-refractivity contribution in [2.45, 2.75) is 11.1 Å². The van der Waals surface area contributed by atoms with Gasteiger partial charge in [0, 0.05) is 0 Å². The molecule has 1 aliphatic rings. The van der Waals surface area contributed by atoms with E-state index in [0.717, 1.165) is 0 Å². The van der Waals surface area contributed by atoms with Gasteiger partial charge in [0.2, 0.25) is 0 Å². The van der Waals surface area contributed by atoms with Crippen LogP contribution in [0, 0.1) is 0 Å². The Kier molecular flexibility index (Phi) is 1.78. The van der Waals surface area contributed by atoms with E-state index in [4.69, 9.17) is 23.2 Å². The fourth-order valence-corrected chi connectivity index (χ4v) is 1.69. The van der Waals surface area contributed by atoms with Crippen LogP contribution >= 0.6 is 39.1 Å². The minimum Gasteiger partial charge on any atom is -0.213 e. The summed E-state index contributed by atoms with van der Waals surface area (Å²) in [5.74, 6) is -3.69. The fraction of sp³-hybridized carbons (Fsp3) is 0.500. The van der Waals surface area contributed by atoms with E-state index in [2.05, 4.69) is 15.9 Å². The molecule has 0 fully saturated rings. The van der Waals surface area contributed by atoms with Crippen LogP contribution < -0.4 is 0 Å². The van der Waals surface area contributed by atoms with Gasteiger partial charge in [-0.05, 0) is 15.9 Å². The molecule has 58 valence electrons. The third kappa shape index (κ3) is 0.756. The standard InChI is InChI=1S/C4BrCl2F3/c5-1-2(6)3(7,8)4(1,9)10. The van der Waals surface area contributed by atoms with Gasteiger partial charge in [-0.25, -0.2) is 4.39 Å². The van der Waals surface area contributed by atoms with Gasteiger partial charge in [0.25, 0.3) is 5.13 Å². The molecular formula is C4BrCl2F3. The second kappa shape index (κ2) is 2.05. The molecule has 1 unspecified atom stereocenters. The molecule has 0 saturated heterocycles. The van der Waals surface area contributed by atoms with Crippen LogP contribution in [0.25, 0.3) is 0 Å². The molecule has 0 nitrogen and oxygen atoms in total. The molecule has 0 radical (unpaired) electrons. The first-order valence-electron chi connectivity index (χ1n) is 2.13. The summed E-state index contributed by atoms with van der Waals surface area (Å²) in [5, 5.41) is -3.90. The molecule has 0 N–H and O–H groups in total. The van der Waals surface area contributed by atoms with Crippen molar-refractivity contribution in [3.05, 3.63) is 9.51 Å². The molecule has 0 spiro atoms. The zero-order valence-electron chi connectivity index (χ0n) is 4.27. The minimum atomic E-state index is -3.69. The van der Waals surface area contributed by atoms with E-state index in [1.165, 1.54) is 0 Å². The Morgan fingerprint density at radius 1 is 1.30 bits per heavy atom. The SMILES string of the molecule is FC1(F)C(Br)=C(Cl)C1(F)Cl. The molecular weight excluding hydrogens is 256 g/mol. The molecule has 0 aromatic rings. The number of hydrogen-bond donors (Lipinski definition) is 0. The highest BCUT2D eigenvalue weighted by molar-refractivity contribution is 9.11. The maximum absolute atomic E-state index is 12.4. The molecule has 0 heterocycles. The van der Waals surface area contributed by atoms with Gasteiger partial charge in [-0.15, -0.1) is 0 Å². The van der Waals surface area contributed by atoms with Gasteiger partial charge in [0.1, 0.15) is 0 Å². The highest BCUT2D eigenvalue weighted by Crippen LogP contribution is 2.60. The first-order valence-corrected chi connectivity index (χ1v) is 3.68. The molecule has 0 aromatic heterocycles. The topological polar surface area (TPSA) is 0 Å². The van der Waals surface area contributed by atoms with Gasteiger partial charge in [0.15, 0.2) is 0 Å². The molecule has 0 aromatic carbocycles. The van der Waals surface area contributed by atoms with Crippen molar-refractivity contribution in [2.75, 3.05) is 0 Å². The summed E-state index contributed by atoms with van der Waals surface area (Å²) in [4.78, 5) is 0. The summed E-state index contributed by atoms with van der Waals surface area (Å²) < 4.78 is 36.3. The third-order valence-corrected chi connectivity index (χ3v) is 3.23. The number of alkyl halides is 4. The van der Waals surface area contributed by atoms with Gasteiger partial charge in [-0.2, -0.15) is 8.78 Å². The maximum Gasteiger partial charge on any atom is 0.333 e. The summed E-state index contributed by atoms with van der Waals surface area (Å²) in [6.45, 7) is 0. The van der Waals surface area contributed by atoms with Crippen LogP contribution in [0.4, 0.5) is 13.2 Å². The second-order valence-corrected chi connectivity index (χ2v) is 3.47. The zero-order valence-corrected chi connectivity index (χ0v) is 7.37. The summed E-state index contributed by atoms with van der Waals surface area (Å²) >= 11 is 12.1. The van der Waals surface area contributed by atoms with Crippen LogP contribution in [0.1, 0.15) is 0 Å². The average Bonchev–Trinajstić information content (AvgIpc) is 1.84. The van der Waals surface area contributed by atoms with Crippen molar-refractivity contribution in [3.63, 3.8) is 0 Å². The fourth-order valence-electron chi connectivity index (χ4n) is 0.489.